The highest BCUT2D eigenvalue weighted by atomic mass is 16.2. The lowest BCUT2D eigenvalue weighted by Crippen LogP contribution is -2.42. The Balaban J connectivity index is 2.86. The maximum Gasteiger partial charge on any atom is 0.254 e. The van der Waals surface area contributed by atoms with Gasteiger partial charge in [0.1, 0.15) is 0 Å². The fraction of sp³-hybridized carbons (Fsp3) is 0.500. The third-order valence-corrected chi connectivity index (χ3v) is 3.08. The number of hydrogen-bond donors (Lipinski definition) is 1. The van der Waals surface area contributed by atoms with E-state index in [2.05, 4.69) is 5.32 Å². The van der Waals surface area contributed by atoms with Crippen LogP contribution in [-0.2, 0) is 4.79 Å². The van der Waals surface area contributed by atoms with Gasteiger partial charge in [-0.05, 0) is 46.2 Å². The number of aryl methyl sites for hydroxylation is 2. The summed E-state index contributed by atoms with van der Waals surface area (Å²) in [5, 5.41) is 2.81. The third-order valence-electron chi connectivity index (χ3n) is 3.08. The van der Waals surface area contributed by atoms with Crippen molar-refractivity contribution in [1.29, 1.82) is 0 Å². The zero-order valence-corrected chi connectivity index (χ0v) is 13.0. The first-order chi connectivity index (χ1) is 9.35. The SMILES string of the molecule is CCN(CC(=O)NC(C)C)C(=O)c1cc(C)ccc1C. The summed E-state index contributed by atoms with van der Waals surface area (Å²) in [6, 6.07) is 5.87. The lowest BCUT2D eigenvalue weighted by Gasteiger charge is -2.22. The molecule has 0 bridgehead atoms. The molecule has 0 aromatic heterocycles. The Hall–Kier alpha value is -1.84. The van der Waals surface area contributed by atoms with Crippen LogP contribution in [0.25, 0.3) is 0 Å². The lowest BCUT2D eigenvalue weighted by molar-refractivity contribution is -0.122. The Labute approximate surface area is 121 Å². The molecule has 0 fully saturated rings. The number of hydrogen-bond acceptors (Lipinski definition) is 2. The highest BCUT2D eigenvalue weighted by Crippen LogP contribution is 2.13. The maximum absolute atomic E-state index is 12.5. The third kappa shape index (κ3) is 4.37. The number of benzene rings is 1. The normalized spacial score (nSPS) is 10.5. The number of likely N-dealkylation sites (N-methyl/N-ethyl adjacent to an activating group) is 1. The second-order valence-electron chi connectivity index (χ2n) is 5.36. The van der Waals surface area contributed by atoms with Gasteiger partial charge >= 0.3 is 0 Å². The van der Waals surface area contributed by atoms with Gasteiger partial charge in [-0.1, -0.05) is 17.7 Å². The summed E-state index contributed by atoms with van der Waals surface area (Å²) in [6.45, 7) is 10.2. The predicted molar refractivity (Wildman–Crippen MR) is 80.8 cm³/mol. The first kappa shape index (κ1) is 16.2. The number of amides is 2. The summed E-state index contributed by atoms with van der Waals surface area (Å²) in [5.41, 5.74) is 2.65. The smallest absolute Gasteiger partial charge is 0.254 e. The van der Waals surface area contributed by atoms with Gasteiger partial charge in [0, 0.05) is 18.2 Å². The predicted octanol–water partition coefficient (Wildman–Crippen LogP) is 2.29. The van der Waals surface area contributed by atoms with Crippen molar-refractivity contribution < 1.29 is 9.59 Å². The van der Waals surface area contributed by atoms with E-state index in [-0.39, 0.29) is 24.4 Å². The Kier molecular flexibility index (Phi) is 5.74. The zero-order chi connectivity index (χ0) is 15.3. The molecule has 0 aliphatic heterocycles. The number of carbonyl (C=O) groups excluding carboxylic acids is 2. The first-order valence-electron chi connectivity index (χ1n) is 7.01. The minimum Gasteiger partial charge on any atom is -0.352 e. The van der Waals surface area contributed by atoms with Gasteiger partial charge in [-0.25, -0.2) is 0 Å². The van der Waals surface area contributed by atoms with E-state index in [0.29, 0.717) is 12.1 Å². The molecule has 1 rings (SSSR count). The van der Waals surface area contributed by atoms with Crippen molar-refractivity contribution in [2.75, 3.05) is 13.1 Å². The summed E-state index contributed by atoms with van der Waals surface area (Å²) in [6.07, 6.45) is 0. The standard InChI is InChI=1S/C16H24N2O2/c1-6-18(10-15(19)17-11(2)3)16(20)14-9-12(4)7-8-13(14)5/h7-9,11H,6,10H2,1-5H3,(H,17,19). The molecule has 0 radical (unpaired) electrons. The van der Waals surface area contributed by atoms with E-state index in [0.717, 1.165) is 11.1 Å². The molecular formula is C16H24N2O2. The van der Waals surface area contributed by atoms with Crippen LogP contribution in [0.5, 0.6) is 0 Å². The average molecular weight is 276 g/mol. The summed E-state index contributed by atoms with van der Waals surface area (Å²) in [7, 11) is 0. The molecule has 1 aromatic rings. The second-order valence-corrected chi connectivity index (χ2v) is 5.36. The first-order valence-corrected chi connectivity index (χ1v) is 7.01. The average Bonchev–Trinajstić information content (AvgIpc) is 2.37. The van der Waals surface area contributed by atoms with Crippen LogP contribution in [0.2, 0.25) is 0 Å². The van der Waals surface area contributed by atoms with Crippen LogP contribution in [0.3, 0.4) is 0 Å². The second kappa shape index (κ2) is 7.08. The largest absolute Gasteiger partial charge is 0.352 e. The molecule has 0 heterocycles. The van der Waals surface area contributed by atoms with Crippen LogP contribution in [0, 0.1) is 13.8 Å². The Morgan fingerprint density at radius 1 is 1.25 bits per heavy atom. The van der Waals surface area contributed by atoms with Crippen molar-refractivity contribution in [2.45, 2.75) is 40.7 Å². The van der Waals surface area contributed by atoms with E-state index in [1.165, 1.54) is 0 Å². The van der Waals surface area contributed by atoms with Crippen LogP contribution in [0.1, 0.15) is 42.3 Å². The monoisotopic (exact) mass is 276 g/mol. The maximum atomic E-state index is 12.5. The van der Waals surface area contributed by atoms with Gasteiger partial charge in [0.05, 0.1) is 6.54 Å². The van der Waals surface area contributed by atoms with Crippen molar-refractivity contribution in [3.63, 3.8) is 0 Å². The van der Waals surface area contributed by atoms with Gasteiger partial charge in [-0.2, -0.15) is 0 Å². The zero-order valence-electron chi connectivity index (χ0n) is 13.0. The molecule has 0 spiro atoms. The quantitative estimate of drug-likeness (QED) is 0.897. The molecule has 0 unspecified atom stereocenters. The van der Waals surface area contributed by atoms with Crippen LogP contribution < -0.4 is 5.32 Å². The van der Waals surface area contributed by atoms with Gasteiger partial charge in [0.15, 0.2) is 0 Å². The number of rotatable bonds is 5. The van der Waals surface area contributed by atoms with E-state index in [1.54, 1.807) is 4.90 Å². The van der Waals surface area contributed by atoms with Gasteiger partial charge < -0.3 is 10.2 Å². The molecule has 1 aromatic carbocycles. The van der Waals surface area contributed by atoms with Crippen molar-refractivity contribution in [3.05, 3.63) is 34.9 Å². The van der Waals surface area contributed by atoms with E-state index in [4.69, 9.17) is 0 Å². The molecule has 0 aliphatic rings. The summed E-state index contributed by atoms with van der Waals surface area (Å²) < 4.78 is 0. The van der Waals surface area contributed by atoms with Crippen molar-refractivity contribution in [2.24, 2.45) is 0 Å². The van der Waals surface area contributed by atoms with Gasteiger partial charge in [-0.15, -0.1) is 0 Å². The topological polar surface area (TPSA) is 49.4 Å². The van der Waals surface area contributed by atoms with E-state index in [1.807, 2.05) is 52.8 Å². The molecule has 110 valence electrons. The highest BCUT2D eigenvalue weighted by molar-refractivity contribution is 5.97. The van der Waals surface area contributed by atoms with Crippen LogP contribution in [0.15, 0.2) is 18.2 Å². The molecule has 0 saturated heterocycles. The molecule has 2 amide bonds. The molecule has 4 heteroatoms. The molecule has 1 N–H and O–H groups in total. The minimum absolute atomic E-state index is 0.0806. The van der Waals surface area contributed by atoms with Crippen LogP contribution in [-0.4, -0.2) is 35.8 Å². The fourth-order valence-corrected chi connectivity index (χ4v) is 2.00. The molecule has 4 nitrogen and oxygen atoms in total. The van der Waals surface area contributed by atoms with Crippen molar-refractivity contribution in [3.8, 4) is 0 Å². The van der Waals surface area contributed by atoms with Crippen LogP contribution in [0.4, 0.5) is 0 Å². The van der Waals surface area contributed by atoms with Gasteiger partial charge in [-0.3, -0.25) is 9.59 Å². The molecule has 20 heavy (non-hydrogen) atoms. The molecule has 0 atom stereocenters. The number of carbonyl (C=O) groups is 2. The van der Waals surface area contributed by atoms with E-state index in [9.17, 15) is 9.59 Å². The summed E-state index contributed by atoms with van der Waals surface area (Å²) in [4.78, 5) is 25.9. The molecule has 0 saturated carbocycles. The fourth-order valence-electron chi connectivity index (χ4n) is 2.00. The van der Waals surface area contributed by atoms with E-state index >= 15 is 0 Å². The Morgan fingerprint density at radius 2 is 1.90 bits per heavy atom. The summed E-state index contributed by atoms with van der Waals surface area (Å²) >= 11 is 0. The minimum atomic E-state index is -0.125. The van der Waals surface area contributed by atoms with Crippen molar-refractivity contribution in [1.82, 2.24) is 10.2 Å². The van der Waals surface area contributed by atoms with E-state index < -0.39 is 0 Å². The molecular weight excluding hydrogens is 252 g/mol. The van der Waals surface area contributed by atoms with Crippen LogP contribution >= 0.6 is 0 Å². The van der Waals surface area contributed by atoms with Gasteiger partial charge in [0.2, 0.25) is 5.91 Å². The van der Waals surface area contributed by atoms with Gasteiger partial charge in [0.25, 0.3) is 5.91 Å². The summed E-state index contributed by atoms with van der Waals surface area (Å²) in [5.74, 6) is -0.215. The lowest BCUT2D eigenvalue weighted by atomic mass is 10.0. The number of nitrogens with zero attached hydrogens (tertiary/aromatic N) is 1. The number of nitrogens with one attached hydrogen (secondary N) is 1. The Bertz CT molecular complexity index is 495. The van der Waals surface area contributed by atoms with Crippen molar-refractivity contribution >= 4 is 11.8 Å². The Morgan fingerprint density at radius 3 is 2.45 bits per heavy atom. The molecule has 0 aliphatic carbocycles. The highest BCUT2D eigenvalue weighted by Gasteiger charge is 2.19.